The lowest BCUT2D eigenvalue weighted by molar-refractivity contribution is -0.113. The van der Waals surface area contributed by atoms with Crippen LogP contribution in [0, 0.1) is 0 Å². The molecule has 0 fully saturated rings. The molecule has 34 heavy (non-hydrogen) atoms. The van der Waals surface area contributed by atoms with Crippen LogP contribution in [0.25, 0.3) is 0 Å². The number of anilines is 1. The number of nitrogens with zero attached hydrogens (tertiary/aromatic N) is 6. The lowest BCUT2D eigenvalue weighted by atomic mass is 10.2. The maximum atomic E-state index is 12.9. The maximum Gasteiger partial charge on any atom is 0.319 e. The number of aliphatic imine (C=N–C) groups is 1. The van der Waals surface area contributed by atoms with E-state index in [0.29, 0.717) is 41.5 Å². The first kappa shape index (κ1) is 24.9. The molecule has 11 nitrogen and oxygen atoms in total. The van der Waals surface area contributed by atoms with Crippen LogP contribution in [0.5, 0.6) is 11.9 Å². The highest BCUT2D eigenvalue weighted by molar-refractivity contribution is 6.30. The number of hydrogen-bond donors (Lipinski definition) is 0. The minimum atomic E-state index is -0.372. The van der Waals surface area contributed by atoms with Crippen LogP contribution >= 0.6 is 11.6 Å². The molecule has 2 aromatic rings. The lowest BCUT2D eigenvalue weighted by Crippen LogP contribution is -2.37. The molecule has 3 heterocycles. The van der Waals surface area contributed by atoms with Crippen molar-refractivity contribution in [2.24, 2.45) is 12.0 Å². The van der Waals surface area contributed by atoms with Gasteiger partial charge in [-0.2, -0.15) is 4.98 Å². The van der Waals surface area contributed by atoms with Crippen LogP contribution in [0.1, 0.15) is 18.4 Å². The van der Waals surface area contributed by atoms with Gasteiger partial charge in [0, 0.05) is 51.2 Å². The molecule has 3 rings (SSSR count). The van der Waals surface area contributed by atoms with Gasteiger partial charge in [0.25, 0.3) is 11.5 Å². The van der Waals surface area contributed by atoms with Gasteiger partial charge in [-0.1, -0.05) is 11.6 Å². The van der Waals surface area contributed by atoms with Crippen LogP contribution < -0.4 is 19.9 Å². The van der Waals surface area contributed by atoms with Gasteiger partial charge >= 0.3 is 6.01 Å². The third-order valence-electron chi connectivity index (χ3n) is 5.16. The van der Waals surface area contributed by atoms with Crippen LogP contribution in [-0.2, 0) is 16.6 Å². The Labute approximate surface area is 201 Å². The Morgan fingerprint density at radius 3 is 2.74 bits per heavy atom. The second-order valence-electron chi connectivity index (χ2n) is 7.31. The number of rotatable bonds is 9. The number of hydrogen-bond acceptors (Lipinski definition) is 8. The molecule has 0 atom stereocenters. The maximum absolute atomic E-state index is 12.9. The number of pyridine rings is 1. The number of carbonyl (C=O) groups excluding carboxylic acids is 2. The fraction of sp³-hybridized carbons (Fsp3) is 0.364. The van der Waals surface area contributed by atoms with E-state index in [2.05, 4.69) is 15.0 Å². The summed E-state index contributed by atoms with van der Waals surface area (Å²) in [5.74, 6) is 0.298. The molecule has 2 aromatic heterocycles. The number of aromatic nitrogens is 3. The first-order chi connectivity index (χ1) is 16.3. The van der Waals surface area contributed by atoms with Crippen molar-refractivity contribution in [1.82, 2.24) is 19.4 Å². The van der Waals surface area contributed by atoms with Crippen molar-refractivity contribution in [1.29, 1.82) is 0 Å². The highest BCUT2D eigenvalue weighted by Crippen LogP contribution is 2.27. The molecule has 0 saturated carbocycles. The number of halogens is 1. The van der Waals surface area contributed by atoms with Gasteiger partial charge < -0.3 is 23.7 Å². The molecule has 0 aromatic carbocycles. The Kier molecular flexibility index (Phi) is 8.00. The molecule has 0 N–H and O–H groups in total. The summed E-state index contributed by atoms with van der Waals surface area (Å²) in [6.45, 7) is 0.481. The fourth-order valence-electron chi connectivity index (χ4n) is 3.58. The number of methoxy groups -OCH3 is 2. The summed E-state index contributed by atoms with van der Waals surface area (Å²) in [7, 11) is 6.06. The molecule has 0 radical (unpaired) electrons. The predicted octanol–water partition coefficient (Wildman–Crippen LogP) is 1.43. The number of amides is 1. The largest absolute Gasteiger partial charge is 0.480 e. The van der Waals surface area contributed by atoms with E-state index in [-0.39, 0.29) is 35.6 Å². The first-order valence-electron chi connectivity index (χ1n) is 10.4. The SMILES string of the molecule is CN=C(c1cnc(OC)nc1OC)N(CCCC=O)C1=CC(=O)N(c2cc(Cl)cn(C)c2=O)C1. The van der Waals surface area contributed by atoms with Crippen molar-refractivity contribution in [3.63, 3.8) is 0 Å². The third-order valence-corrected chi connectivity index (χ3v) is 5.37. The van der Waals surface area contributed by atoms with E-state index >= 15 is 0 Å². The highest BCUT2D eigenvalue weighted by Gasteiger charge is 2.31. The molecule has 1 aliphatic heterocycles. The third kappa shape index (κ3) is 5.09. The number of aldehydes is 1. The average Bonchev–Trinajstić information content (AvgIpc) is 3.21. The topological polar surface area (TPSA) is 119 Å². The van der Waals surface area contributed by atoms with Crippen molar-refractivity contribution >= 4 is 35.3 Å². The van der Waals surface area contributed by atoms with Gasteiger partial charge in [-0.15, -0.1) is 0 Å². The molecule has 12 heteroatoms. The summed E-state index contributed by atoms with van der Waals surface area (Å²) < 4.78 is 11.8. The van der Waals surface area contributed by atoms with Crippen LogP contribution in [0.2, 0.25) is 5.02 Å². The quantitative estimate of drug-likeness (QED) is 0.225. The van der Waals surface area contributed by atoms with Crippen molar-refractivity contribution in [2.75, 3.05) is 39.3 Å². The predicted molar refractivity (Wildman–Crippen MR) is 127 cm³/mol. The van der Waals surface area contributed by atoms with Crippen LogP contribution in [0.3, 0.4) is 0 Å². The molecule has 0 aliphatic carbocycles. The van der Waals surface area contributed by atoms with E-state index in [1.54, 1.807) is 19.0 Å². The average molecular weight is 489 g/mol. The zero-order chi connectivity index (χ0) is 24.8. The number of carbonyl (C=O) groups is 2. The molecule has 1 amide bonds. The van der Waals surface area contributed by atoms with E-state index in [4.69, 9.17) is 21.1 Å². The van der Waals surface area contributed by atoms with Gasteiger partial charge in [0.05, 0.1) is 31.4 Å². The van der Waals surface area contributed by atoms with Crippen molar-refractivity contribution in [3.8, 4) is 11.9 Å². The number of amidine groups is 1. The van der Waals surface area contributed by atoms with Crippen molar-refractivity contribution in [2.45, 2.75) is 12.8 Å². The Hall–Kier alpha value is -3.73. The summed E-state index contributed by atoms with van der Waals surface area (Å²) in [5, 5.41) is 0.331. The Bertz CT molecular complexity index is 1210. The fourth-order valence-corrected chi connectivity index (χ4v) is 3.83. The zero-order valence-corrected chi connectivity index (χ0v) is 20.1. The van der Waals surface area contributed by atoms with Crippen molar-refractivity contribution in [3.05, 3.63) is 51.2 Å². The van der Waals surface area contributed by atoms with Gasteiger partial charge in [-0.25, -0.2) is 4.98 Å². The second kappa shape index (κ2) is 10.9. The molecule has 0 saturated heterocycles. The van der Waals surface area contributed by atoms with E-state index in [9.17, 15) is 14.4 Å². The van der Waals surface area contributed by atoms with E-state index < -0.39 is 0 Å². The highest BCUT2D eigenvalue weighted by atomic mass is 35.5. The Morgan fingerprint density at radius 2 is 2.09 bits per heavy atom. The van der Waals surface area contributed by atoms with E-state index in [1.807, 2.05) is 0 Å². The summed E-state index contributed by atoms with van der Waals surface area (Å²) in [4.78, 5) is 52.5. The zero-order valence-electron chi connectivity index (χ0n) is 19.3. The Balaban J connectivity index is 2.01. The molecule has 180 valence electrons. The van der Waals surface area contributed by atoms with E-state index in [0.717, 1.165) is 6.29 Å². The summed E-state index contributed by atoms with van der Waals surface area (Å²) >= 11 is 6.13. The molecule has 0 bridgehead atoms. The lowest BCUT2D eigenvalue weighted by Gasteiger charge is -2.28. The minimum Gasteiger partial charge on any atom is -0.480 e. The smallest absolute Gasteiger partial charge is 0.319 e. The summed E-state index contributed by atoms with van der Waals surface area (Å²) in [6, 6.07) is 1.59. The first-order valence-corrected chi connectivity index (χ1v) is 10.7. The number of ether oxygens (including phenoxy) is 2. The normalized spacial score (nSPS) is 13.7. The van der Waals surface area contributed by atoms with Gasteiger partial charge in [0.1, 0.15) is 17.8 Å². The Morgan fingerprint density at radius 1 is 1.32 bits per heavy atom. The molecule has 0 unspecified atom stereocenters. The van der Waals surface area contributed by atoms with Crippen molar-refractivity contribution < 1.29 is 19.1 Å². The van der Waals surface area contributed by atoms with Crippen LogP contribution in [-0.4, -0.2) is 71.8 Å². The van der Waals surface area contributed by atoms with Gasteiger partial charge in [-0.3, -0.25) is 19.5 Å². The summed E-state index contributed by atoms with van der Waals surface area (Å²) in [5.41, 5.74) is 0.868. The van der Waals surface area contributed by atoms with Crippen LogP contribution in [0.15, 0.2) is 40.0 Å². The standard InChI is InChI=1S/C22H25ClN6O5/c1-24-19(16-11-25-22(34-4)26-20(16)33-3)28(7-5-6-8-30)15-10-18(31)29(13-15)17-9-14(23)12-27(2)21(17)32/h8-12H,5-7,13H2,1-4H3. The van der Waals surface area contributed by atoms with E-state index in [1.165, 1.54) is 48.2 Å². The van der Waals surface area contributed by atoms with Gasteiger partial charge in [0.2, 0.25) is 5.88 Å². The minimum absolute atomic E-state index is 0.105. The second-order valence-corrected chi connectivity index (χ2v) is 7.74. The summed E-state index contributed by atoms with van der Waals surface area (Å²) in [6.07, 6.45) is 6.08. The monoisotopic (exact) mass is 488 g/mol. The van der Waals surface area contributed by atoms with Gasteiger partial charge in [0.15, 0.2) is 0 Å². The molecular formula is C22H25ClN6O5. The molecule has 0 spiro atoms. The number of aryl methyl sites for hydroxylation is 1. The van der Waals surface area contributed by atoms with Gasteiger partial charge in [-0.05, 0) is 12.5 Å². The number of unbranched alkanes of at least 4 members (excludes halogenated alkanes) is 1. The molecular weight excluding hydrogens is 464 g/mol. The van der Waals surface area contributed by atoms with Crippen LogP contribution in [0.4, 0.5) is 5.69 Å². The molecule has 1 aliphatic rings.